The molecule has 0 radical (unpaired) electrons. The Hall–Kier alpha value is -4.19. The summed E-state index contributed by atoms with van der Waals surface area (Å²) in [6.07, 6.45) is 12.0. The Morgan fingerprint density at radius 1 is 0.939 bits per heavy atom. The second-order valence-corrected chi connectivity index (χ2v) is 14.6. The number of piperidine rings is 1. The molecule has 6 aliphatic heterocycles. The number of hydrogen-bond donors (Lipinski definition) is 2. The molecule has 49 heavy (non-hydrogen) atoms. The van der Waals surface area contributed by atoms with Gasteiger partial charge in [0.15, 0.2) is 0 Å². The minimum atomic E-state index is -1.31. The van der Waals surface area contributed by atoms with Crippen LogP contribution in [0.25, 0.3) is 0 Å². The third kappa shape index (κ3) is 5.61. The van der Waals surface area contributed by atoms with Crippen LogP contribution < -0.4 is 5.32 Å². The average molecular weight is 692 g/mol. The van der Waals surface area contributed by atoms with Crippen molar-refractivity contribution in [3.8, 4) is 0 Å². The van der Waals surface area contributed by atoms with Crippen LogP contribution in [0.3, 0.4) is 0 Å². The Balaban J connectivity index is 1.15. The highest BCUT2D eigenvalue weighted by Gasteiger charge is 2.58. The maximum absolute atomic E-state index is 14.7. The van der Waals surface area contributed by atoms with E-state index < -0.39 is 41.6 Å². The molecule has 0 bridgehead atoms. The van der Waals surface area contributed by atoms with Gasteiger partial charge >= 0.3 is 5.97 Å². The largest absolute Gasteiger partial charge is 0.480 e. The van der Waals surface area contributed by atoms with Crippen molar-refractivity contribution < 1.29 is 33.9 Å². The molecule has 5 amide bonds. The number of halogens is 1. The van der Waals surface area contributed by atoms with Crippen LogP contribution in [0.1, 0.15) is 63.9 Å². The fourth-order valence-corrected chi connectivity index (χ4v) is 9.39. The van der Waals surface area contributed by atoms with Crippen molar-refractivity contribution in [1.82, 2.24) is 24.9 Å². The van der Waals surface area contributed by atoms with Crippen LogP contribution in [-0.4, -0.2) is 115 Å². The van der Waals surface area contributed by atoms with Crippen LogP contribution in [0.2, 0.25) is 5.02 Å². The number of nitrogens with zero attached hydrogens (tertiary/aromatic N) is 4. The van der Waals surface area contributed by atoms with Crippen molar-refractivity contribution >= 4 is 47.1 Å². The molecule has 7 rings (SSSR count). The molecule has 4 saturated heterocycles. The van der Waals surface area contributed by atoms with Crippen molar-refractivity contribution in [3.63, 3.8) is 0 Å². The van der Waals surface area contributed by atoms with E-state index in [0.717, 1.165) is 0 Å². The molecule has 2 N–H and O–H groups in total. The van der Waals surface area contributed by atoms with E-state index in [1.54, 1.807) is 32.9 Å². The first-order valence-corrected chi connectivity index (χ1v) is 17.8. The van der Waals surface area contributed by atoms with Crippen LogP contribution >= 0.6 is 11.6 Å². The minimum Gasteiger partial charge on any atom is -0.480 e. The van der Waals surface area contributed by atoms with E-state index in [2.05, 4.69) is 5.32 Å². The number of carboxylic acids is 1. The van der Waals surface area contributed by atoms with Crippen molar-refractivity contribution in [1.29, 1.82) is 0 Å². The zero-order valence-corrected chi connectivity index (χ0v) is 28.3. The van der Waals surface area contributed by atoms with Gasteiger partial charge in [-0.15, -0.1) is 0 Å². The number of likely N-dealkylation sites (tertiary alicyclic amines) is 2. The highest BCUT2D eigenvalue weighted by atomic mass is 35.5. The smallest absolute Gasteiger partial charge is 0.326 e. The number of hydrogen-bond acceptors (Lipinski definition) is 6. The van der Waals surface area contributed by atoms with Crippen LogP contribution in [0.5, 0.6) is 0 Å². The van der Waals surface area contributed by atoms with Crippen LogP contribution in [-0.2, 0) is 35.2 Å². The van der Waals surface area contributed by atoms with E-state index in [1.807, 2.05) is 30.4 Å². The summed E-state index contributed by atoms with van der Waals surface area (Å²) >= 11 is 6.41. The summed E-state index contributed by atoms with van der Waals surface area (Å²) in [5, 5.41) is 13.1. The molecule has 0 aromatic heterocycles. The van der Waals surface area contributed by atoms with Crippen LogP contribution in [0.4, 0.5) is 0 Å². The van der Waals surface area contributed by atoms with Crippen LogP contribution in [0, 0.1) is 5.92 Å². The summed E-state index contributed by atoms with van der Waals surface area (Å²) in [5.41, 5.74) is -0.617. The van der Waals surface area contributed by atoms with Crippen molar-refractivity contribution in [3.05, 3.63) is 59.2 Å². The standard InChI is InChI=1S/C36H42ClN5O7/c1-21(43)38-27(20-23-6-2-3-8-26(23)37)31(44)40-19-5-16-36(40)17-15-25-11-13-28(42(25)35(36)49)32(45)39-18-4-7-22-9-10-24-12-14-29(34(47)48)41(24)33(46)30(22)39/h2-3,6,8-10,15,17,22,24-25,27-30H,4-5,7,11-14,16,18-20H2,1H3,(H,38,43)(H,47,48)/t22-,24+,25+,27+,28+,29+,30+,36-/m1/s1. The van der Waals surface area contributed by atoms with Gasteiger partial charge in [0.05, 0.1) is 12.1 Å². The van der Waals surface area contributed by atoms with E-state index in [0.29, 0.717) is 75.0 Å². The summed E-state index contributed by atoms with van der Waals surface area (Å²) in [6.45, 7) is 1.99. The zero-order chi connectivity index (χ0) is 34.6. The highest BCUT2D eigenvalue weighted by Crippen LogP contribution is 2.43. The lowest BCUT2D eigenvalue weighted by atomic mass is 9.86. The fourth-order valence-electron chi connectivity index (χ4n) is 9.18. The first kappa shape index (κ1) is 33.3. The molecule has 6 aliphatic rings. The second-order valence-electron chi connectivity index (χ2n) is 14.2. The predicted octanol–water partition coefficient (Wildman–Crippen LogP) is 2.30. The van der Waals surface area contributed by atoms with E-state index in [-0.39, 0.29) is 48.1 Å². The molecule has 1 aromatic rings. The summed E-state index contributed by atoms with van der Waals surface area (Å²) in [7, 11) is 0. The molecule has 4 fully saturated rings. The fraction of sp³-hybridized carbons (Fsp3) is 0.556. The van der Waals surface area contributed by atoms with Gasteiger partial charge < -0.3 is 30.0 Å². The van der Waals surface area contributed by atoms with Crippen molar-refractivity contribution in [2.24, 2.45) is 5.92 Å². The predicted molar refractivity (Wildman–Crippen MR) is 178 cm³/mol. The highest BCUT2D eigenvalue weighted by molar-refractivity contribution is 6.31. The molecule has 12 nitrogen and oxygen atoms in total. The Morgan fingerprint density at radius 2 is 1.67 bits per heavy atom. The van der Waals surface area contributed by atoms with E-state index in [4.69, 9.17) is 11.6 Å². The van der Waals surface area contributed by atoms with Crippen molar-refractivity contribution in [2.75, 3.05) is 13.1 Å². The van der Waals surface area contributed by atoms with Crippen LogP contribution in [0.15, 0.2) is 48.6 Å². The molecule has 0 saturated carbocycles. The first-order chi connectivity index (χ1) is 23.5. The molecule has 1 spiro atoms. The van der Waals surface area contributed by atoms with E-state index in [1.165, 1.54) is 11.8 Å². The normalized spacial score (nSPS) is 32.5. The first-order valence-electron chi connectivity index (χ1n) is 17.4. The summed E-state index contributed by atoms with van der Waals surface area (Å²) < 4.78 is 0. The molecule has 6 heterocycles. The number of carbonyl (C=O) groups excluding carboxylic acids is 5. The molecule has 8 atom stereocenters. The molecular formula is C36H42ClN5O7. The SMILES string of the molecule is CC(=O)N[C@@H](Cc1ccccc1Cl)C(=O)N1CCC[C@]12C=C[C@@H]1CC[C@@H](C(=O)N3CCC[C@@H]4C=C[C@H]5CC[C@@H](C(=O)O)N5C(=O)[C@H]43)N1C2=O. The number of rotatable bonds is 6. The molecular weight excluding hydrogens is 650 g/mol. The van der Waals surface area contributed by atoms with Gasteiger partial charge in [-0.2, -0.15) is 0 Å². The zero-order valence-electron chi connectivity index (χ0n) is 27.5. The number of nitrogens with one attached hydrogen (secondary N) is 1. The quantitative estimate of drug-likeness (QED) is 0.435. The number of aliphatic carboxylic acids is 1. The van der Waals surface area contributed by atoms with E-state index >= 15 is 0 Å². The average Bonchev–Trinajstić information content (AvgIpc) is 3.81. The maximum Gasteiger partial charge on any atom is 0.326 e. The number of fused-ring (bicyclic) bond motifs is 3. The molecule has 1 aromatic carbocycles. The number of carboxylic acid groups (broad SMARTS) is 1. The summed E-state index contributed by atoms with van der Waals surface area (Å²) in [5.74, 6) is -3.04. The topological polar surface area (TPSA) is 148 Å². The van der Waals surface area contributed by atoms with Gasteiger partial charge in [-0.25, -0.2) is 4.79 Å². The van der Waals surface area contributed by atoms with Gasteiger partial charge in [0, 0.05) is 37.4 Å². The Labute approximate surface area is 290 Å². The van der Waals surface area contributed by atoms with E-state index in [9.17, 15) is 33.9 Å². The number of amides is 5. The van der Waals surface area contributed by atoms with Gasteiger partial charge in [0.2, 0.25) is 23.6 Å². The Bertz CT molecular complexity index is 1650. The monoisotopic (exact) mass is 691 g/mol. The minimum absolute atomic E-state index is 0.149. The van der Waals surface area contributed by atoms with Gasteiger partial charge in [0.25, 0.3) is 5.91 Å². The van der Waals surface area contributed by atoms with Gasteiger partial charge in [-0.3, -0.25) is 24.0 Å². The lowest BCUT2D eigenvalue weighted by molar-refractivity contribution is -0.160. The third-order valence-electron chi connectivity index (χ3n) is 11.4. The lowest BCUT2D eigenvalue weighted by Gasteiger charge is -2.46. The maximum atomic E-state index is 14.7. The van der Waals surface area contributed by atoms with Crippen molar-refractivity contribution in [2.45, 2.75) is 107 Å². The molecule has 0 unspecified atom stereocenters. The number of benzene rings is 1. The molecule has 260 valence electrons. The Kier molecular flexibility index (Phi) is 8.79. The third-order valence-corrected chi connectivity index (χ3v) is 11.8. The number of carbonyl (C=O) groups is 6. The lowest BCUT2D eigenvalue weighted by Crippen LogP contribution is -2.66. The van der Waals surface area contributed by atoms with Gasteiger partial charge in [0.1, 0.15) is 29.7 Å². The second kappa shape index (κ2) is 12.9. The summed E-state index contributed by atoms with van der Waals surface area (Å²) in [6, 6.07) is 2.92. The van der Waals surface area contributed by atoms with Gasteiger partial charge in [-0.1, -0.05) is 54.1 Å². The summed E-state index contributed by atoms with van der Waals surface area (Å²) in [4.78, 5) is 88.2. The molecule has 13 heteroatoms. The van der Waals surface area contributed by atoms with Gasteiger partial charge in [-0.05, 0) is 63.0 Å². The molecule has 0 aliphatic carbocycles. The Morgan fingerprint density at radius 3 is 2.41 bits per heavy atom.